The van der Waals surface area contributed by atoms with Gasteiger partial charge in [-0.15, -0.1) is 0 Å². The van der Waals surface area contributed by atoms with Gasteiger partial charge in [-0.25, -0.2) is 15.2 Å². The molecule has 0 bridgehead atoms. The van der Waals surface area contributed by atoms with Gasteiger partial charge in [0.15, 0.2) is 0 Å². The number of amides is 1. The van der Waals surface area contributed by atoms with Gasteiger partial charge in [-0.2, -0.15) is 0 Å². The summed E-state index contributed by atoms with van der Waals surface area (Å²) in [7, 11) is 0. The smallest absolute Gasteiger partial charge is 0.238 e. The molecule has 1 aliphatic heterocycles. The molecule has 2 unspecified atom stereocenters. The highest BCUT2D eigenvalue weighted by Gasteiger charge is 2.29. The fourth-order valence-corrected chi connectivity index (χ4v) is 3.05. The Bertz CT molecular complexity index is 692. The molecular formula is C17H17BrFN3O. The number of hydrogen-bond donors (Lipinski definition) is 3. The van der Waals surface area contributed by atoms with Gasteiger partial charge in [0, 0.05) is 17.1 Å². The van der Waals surface area contributed by atoms with Crippen LogP contribution >= 0.6 is 15.9 Å². The Kier molecular flexibility index (Phi) is 5.05. The molecule has 4 nitrogen and oxygen atoms in total. The quantitative estimate of drug-likeness (QED) is 0.767. The summed E-state index contributed by atoms with van der Waals surface area (Å²) in [5, 5.41) is 2.93. The van der Waals surface area contributed by atoms with Crippen LogP contribution in [-0.4, -0.2) is 11.9 Å². The standard InChI is InChI=1S/C17H17BrFN3O/c18-13-3-1-2-11(8-13)10-20-17(23)16-9-15(21-22-16)12-4-6-14(19)7-5-12/h1-8,15-16,21-22H,9-10H2,(H,20,23). The van der Waals surface area contributed by atoms with Crippen LogP contribution in [0.25, 0.3) is 0 Å². The van der Waals surface area contributed by atoms with E-state index in [2.05, 4.69) is 32.1 Å². The normalized spacial score (nSPS) is 20.4. The molecule has 2 aromatic rings. The molecule has 3 rings (SSSR count). The second-order valence-corrected chi connectivity index (χ2v) is 6.44. The van der Waals surface area contributed by atoms with Gasteiger partial charge in [0.25, 0.3) is 0 Å². The third-order valence-electron chi connectivity index (χ3n) is 3.85. The highest BCUT2D eigenvalue weighted by molar-refractivity contribution is 9.10. The molecule has 0 aromatic heterocycles. The van der Waals surface area contributed by atoms with Crippen LogP contribution < -0.4 is 16.2 Å². The Balaban J connectivity index is 1.54. The van der Waals surface area contributed by atoms with Crippen molar-refractivity contribution in [3.63, 3.8) is 0 Å². The molecule has 1 fully saturated rings. The van der Waals surface area contributed by atoms with Crippen LogP contribution in [0.3, 0.4) is 0 Å². The first kappa shape index (κ1) is 16.1. The molecular weight excluding hydrogens is 361 g/mol. The van der Waals surface area contributed by atoms with E-state index in [0.29, 0.717) is 13.0 Å². The molecule has 2 aromatic carbocycles. The minimum Gasteiger partial charge on any atom is -0.351 e. The molecule has 2 atom stereocenters. The monoisotopic (exact) mass is 377 g/mol. The molecule has 120 valence electrons. The molecule has 0 radical (unpaired) electrons. The number of carbonyl (C=O) groups excluding carboxylic acids is 1. The largest absolute Gasteiger partial charge is 0.351 e. The van der Waals surface area contributed by atoms with Crippen LogP contribution in [0.4, 0.5) is 4.39 Å². The van der Waals surface area contributed by atoms with Crippen molar-refractivity contribution in [2.75, 3.05) is 0 Å². The highest BCUT2D eigenvalue weighted by atomic mass is 79.9. The maximum Gasteiger partial charge on any atom is 0.238 e. The second-order valence-electron chi connectivity index (χ2n) is 5.53. The Labute approximate surface area is 142 Å². The van der Waals surface area contributed by atoms with E-state index in [1.165, 1.54) is 12.1 Å². The summed E-state index contributed by atoms with van der Waals surface area (Å²) < 4.78 is 14.0. The maximum absolute atomic E-state index is 13.0. The van der Waals surface area contributed by atoms with Gasteiger partial charge in [0.05, 0.1) is 0 Å². The Morgan fingerprint density at radius 3 is 2.74 bits per heavy atom. The summed E-state index contributed by atoms with van der Waals surface area (Å²) in [6.07, 6.45) is 0.621. The molecule has 0 spiro atoms. The third-order valence-corrected chi connectivity index (χ3v) is 4.34. The van der Waals surface area contributed by atoms with Crippen LogP contribution in [0.2, 0.25) is 0 Å². The Morgan fingerprint density at radius 1 is 1.22 bits per heavy atom. The van der Waals surface area contributed by atoms with E-state index in [-0.39, 0.29) is 23.8 Å². The summed E-state index contributed by atoms with van der Waals surface area (Å²) in [5.74, 6) is -0.315. The van der Waals surface area contributed by atoms with E-state index in [1.54, 1.807) is 12.1 Å². The first-order chi connectivity index (χ1) is 11.1. The lowest BCUT2D eigenvalue weighted by Gasteiger charge is -2.11. The van der Waals surface area contributed by atoms with Crippen molar-refractivity contribution in [2.45, 2.75) is 25.0 Å². The molecule has 1 aliphatic rings. The van der Waals surface area contributed by atoms with Crippen molar-refractivity contribution in [3.8, 4) is 0 Å². The maximum atomic E-state index is 13.0. The number of halogens is 2. The van der Waals surface area contributed by atoms with E-state index in [0.717, 1.165) is 15.6 Å². The zero-order valence-electron chi connectivity index (χ0n) is 12.4. The van der Waals surface area contributed by atoms with Crippen molar-refractivity contribution in [1.82, 2.24) is 16.2 Å². The number of carbonyl (C=O) groups is 1. The summed E-state index contributed by atoms with van der Waals surface area (Å²) >= 11 is 3.41. The minimum absolute atomic E-state index is 0.00257. The predicted molar refractivity (Wildman–Crippen MR) is 89.8 cm³/mol. The minimum atomic E-state index is -0.308. The van der Waals surface area contributed by atoms with Gasteiger partial charge in [0.2, 0.25) is 5.91 Å². The number of hydrogen-bond acceptors (Lipinski definition) is 3. The van der Waals surface area contributed by atoms with Crippen LogP contribution in [0.15, 0.2) is 53.0 Å². The Hall–Kier alpha value is -1.76. The first-order valence-corrected chi connectivity index (χ1v) is 8.20. The van der Waals surface area contributed by atoms with Gasteiger partial charge < -0.3 is 5.32 Å². The summed E-state index contributed by atoms with van der Waals surface area (Å²) in [6, 6.07) is 13.8. The number of nitrogens with one attached hydrogen (secondary N) is 3. The van der Waals surface area contributed by atoms with Crippen molar-refractivity contribution in [1.29, 1.82) is 0 Å². The number of benzene rings is 2. The second kappa shape index (κ2) is 7.21. The van der Waals surface area contributed by atoms with E-state index >= 15 is 0 Å². The van der Waals surface area contributed by atoms with Crippen LogP contribution in [0.1, 0.15) is 23.6 Å². The van der Waals surface area contributed by atoms with Crippen molar-refractivity contribution < 1.29 is 9.18 Å². The molecule has 23 heavy (non-hydrogen) atoms. The molecule has 1 saturated heterocycles. The van der Waals surface area contributed by atoms with E-state index in [9.17, 15) is 9.18 Å². The van der Waals surface area contributed by atoms with Gasteiger partial charge >= 0.3 is 0 Å². The van der Waals surface area contributed by atoms with Crippen LogP contribution in [0.5, 0.6) is 0 Å². The van der Waals surface area contributed by atoms with Gasteiger partial charge in [-0.3, -0.25) is 4.79 Å². The van der Waals surface area contributed by atoms with E-state index in [4.69, 9.17) is 0 Å². The SMILES string of the molecule is O=C(NCc1cccc(Br)c1)C1CC(c2ccc(F)cc2)NN1. The van der Waals surface area contributed by atoms with Crippen LogP contribution in [-0.2, 0) is 11.3 Å². The van der Waals surface area contributed by atoms with E-state index in [1.807, 2.05) is 24.3 Å². The average molecular weight is 378 g/mol. The lowest BCUT2D eigenvalue weighted by molar-refractivity contribution is -0.123. The van der Waals surface area contributed by atoms with Crippen LogP contribution in [0, 0.1) is 5.82 Å². The van der Waals surface area contributed by atoms with Crippen molar-refractivity contribution >= 4 is 21.8 Å². The predicted octanol–water partition coefficient (Wildman–Crippen LogP) is 2.81. The lowest BCUT2D eigenvalue weighted by Crippen LogP contribution is -2.42. The summed E-state index contributed by atoms with van der Waals surface area (Å²) in [5.41, 5.74) is 8.09. The topological polar surface area (TPSA) is 53.2 Å². The fraction of sp³-hybridized carbons (Fsp3) is 0.235. The van der Waals surface area contributed by atoms with Gasteiger partial charge in [-0.1, -0.05) is 40.2 Å². The fourth-order valence-electron chi connectivity index (χ4n) is 2.60. The summed E-state index contributed by atoms with van der Waals surface area (Å²) in [6.45, 7) is 0.484. The van der Waals surface area contributed by atoms with E-state index < -0.39 is 0 Å². The average Bonchev–Trinajstić information content (AvgIpc) is 3.03. The molecule has 0 saturated carbocycles. The molecule has 0 aliphatic carbocycles. The van der Waals surface area contributed by atoms with Gasteiger partial charge in [0.1, 0.15) is 11.9 Å². The van der Waals surface area contributed by atoms with Gasteiger partial charge in [-0.05, 0) is 41.8 Å². The van der Waals surface area contributed by atoms with Crippen molar-refractivity contribution in [3.05, 3.63) is 69.9 Å². The number of rotatable bonds is 4. The number of hydrazine groups is 1. The molecule has 3 N–H and O–H groups in total. The molecule has 1 heterocycles. The molecule has 1 amide bonds. The lowest BCUT2D eigenvalue weighted by atomic mass is 10.0. The summed E-state index contributed by atoms with van der Waals surface area (Å²) in [4.78, 5) is 12.2. The molecule has 6 heteroatoms. The Morgan fingerprint density at radius 2 is 2.00 bits per heavy atom. The van der Waals surface area contributed by atoms with Crippen molar-refractivity contribution in [2.24, 2.45) is 0 Å². The third kappa shape index (κ3) is 4.16. The first-order valence-electron chi connectivity index (χ1n) is 7.40. The zero-order chi connectivity index (χ0) is 16.2. The highest BCUT2D eigenvalue weighted by Crippen LogP contribution is 2.22. The zero-order valence-corrected chi connectivity index (χ0v) is 13.9.